The molecule has 0 atom stereocenters. The summed E-state index contributed by atoms with van der Waals surface area (Å²) in [6.07, 6.45) is 1.61. The summed E-state index contributed by atoms with van der Waals surface area (Å²) in [5, 5.41) is 17.2. The number of aromatic nitrogens is 2. The van der Waals surface area contributed by atoms with Crippen LogP contribution < -0.4 is 10.2 Å². The highest BCUT2D eigenvalue weighted by molar-refractivity contribution is 5.80. The van der Waals surface area contributed by atoms with Crippen LogP contribution in [0.15, 0.2) is 33.8 Å². The minimum atomic E-state index is 0.336. The molecule has 0 aliphatic carbocycles. The van der Waals surface area contributed by atoms with Gasteiger partial charge in [-0.2, -0.15) is 4.98 Å². The number of anilines is 1. The summed E-state index contributed by atoms with van der Waals surface area (Å²) in [5.41, 5.74) is 0.897. The fraction of sp³-hybridized carbons (Fsp3) is 0.526. The molecule has 2 aromatic rings. The third kappa shape index (κ3) is 5.12. The summed E-state index contributed by atoms with van der Waals surface area (Å²) in [7, 11) is 0. The molecule has 27 heavy (non-hydrogen) atoms. The molecule has 146 valence electrons. The zero-order valence-electron chi connectivity index (χ0n) is 16.1. The summed E-state index contributed by atoms with van der Waals surface area (Å²) in [4.78, 5) is 13.5. The maximum atomic E-state index is 10.1. The molecule has 1 aromatic heterocycles. The van der Waals surface area contributed by atoms with Crippen LogP contribution in [0, 0.1) is 6.92 Å². The first-order valence-electron chi connectivity index (χ1n) is 9.52. The molecule has 1 fully saturated rings. The predicted molar refractivity (Wildman–Crippen MR) is 105 cm³/mol. The van der Waals surface area contributed by atoms with Gasteiger partial charge in [0.2, 0.25) is 5.89 Å². The number of aliphatic imine (C=N–C) groups is 1. The number of para-hydroxylation sites is 2. The molecule has 1 aromatic carbocycles. The minimum Gasteiger partial charge on any atom is -0.506 e. The number of phenolic OH excluding ortho intramolecular Hbond substituents is 1. The monoisotopic (exact) mass is 372 g/mol. The van der Waals surface area contributed by atoms with E-state index in [9.17, 15) is 5.11 Å². The average molecular weight is 372 g/mol. The molecule has 2 N–H and O–H groups in total. The predicted octanol–water partition coefficient (Wildman–Crippen LogP) is 1.80. The summed E-state index contributed by atoms with van der Waals surface area (Å²) in [6, 6.07) is 7.50. The van der Waals surface area contributed by atoms with Gasteiger partial charge in [-0.05, 0) is 32.4 Å². The number of aromatic hydroxyl groups is 1. The average Bonchev–Trinajstić information content (AvgIpc) is 3.10. The number of piperazine rings is 1. The smallest absolute Gasteiger partial charge is 0.226 e. The highest BCUT2D eigenvalue weighted by Gasteiger charge is 2.21. The summed E-state index contributed by atoms with van der Waals surface area (Å²) >= 11 is 0. The SMILES string of the molecule is CCNC(=NCCCc1nc(C)no1)N1CCN(c2ccccc2O)CC1. The maximum absolute atomic E-state index is 10.1. The Hall–Kier alpha value is -2.77. The zero-order valence-corrected chi connectivity index (χ0v) is 16.1. The number of hydrogen-bond acceptors (Lipinski definition) is 6. The molecule has 0 amide bonds. The van der Waals surface area contributed by atoms with Crippen molar-refractivity contribution < 1.29 is 9.63 Å². The van der Waals surface area contributed by atoms with Crippen LogP contribution in [0.3, 0.4) is 0 Å². The molecule has 0 radical (unpaired) electrons. The highest BCUT2D eigenvalue weighted by atomic mass is 16.5. The van der Waals surface area contributed by atoms with Gasteiger partial charge >= 0.3 is 0 Å². The van der Waals surface area contributed by atoms with Crippen molar-refractivity contribution in [3.05, 3.63) is 36.0 Å². The van der Waals surface area contributed by atoms with Gasteiger partial charge in [-0.3, -0.25) is 4.99 Å². The number of nitrogens with zero attached hydrogens (tertiary/aromatic N) is 5. The Bertz CT molecular complexity index is 752. The van der Waals surface area contributed by atoms with E-state index in [1.807, 2.05) is 25.1 Å². The van der Waals surface area contributed by atoms with Crippen LogP contribution in [0.2, 0.25) is 0 Å². The highest BCUT2D eigenvalue weighted by Crippen LogP contribution is 2.27. The van der Waals surface area contributed by atoms with E-state index in [-0.39, 0.29) is 0 Å². The van der Waals surface area contributed by atoms with Gasteiger partial charge in [0.1, 0.15) is 5.75 Å². The van der Waals surface area contributed by atoms with Gasteiger partial charge in [-0.25, -0.2) is 0 Å². The minimum absolute atomic E-state index is 0.336. The van der Waals surface area contributed by atoms with Crippen LogP contribution in [0.5, 0.6) is 5.75 Å². The number of phenols is 1. The van der Waals surface area contributed by atoms with E-state index in [4.69, 9.17) is 9.52 Å². The molecule has 1 aliphatic rings. The number of guanidine groups is 1. The molecular weight excluding hydrogens is 344 g/mol. The number of rotatable bonds is 6. The Labute approximate surface area is 159 Å². The van der Waals surface area contributed by atoms with Crippen molar-refractivity contribution in [3.8, 4) is 5.75 Å². The van der Waals surface area contributed by atoms with Crippen molar-refractivity contribution in [1.82, 2.24) is 20.4 Å². The molecule has 1 saturated heterocycles. The van der Waals surface area contributed by atoms with Crippen molar-refractivity contribution in [3.63, 3.8) is 0 Å². The number of nitrogens with one attached hydrogen (secondary N) is 1. The number of benzene rings is 1. The van der Waals surface area contributed by atoms with E-state index in [0.717, 1.165) is 57.2 Å². The van der Waals surface area contributed by atoms with Gasteiger partial charge < -0.3 is 24.7 Å². The zero-order chi connectivity index (χ0) is 19.1. The van der Waals surface area contributed by atoms with Crippen molar-refractivity contribution in [1.29, 1.82) is 0 Å². The lowest BCUT2D eigenvalue weighted by Crippen LogP contribution is -2.52. The Kier molecular flexibility index (Phi) is 6.51. The summed E-state index contributed by atoms with van der Waals surface area (Å²) < 4.78 is 5.14. The van der Waals surface area contributed by atoms with Crippen LogP contribution in [-0.2, 0) is 6.42 Å². The second kappa shape index (κ2) is 9.25. The fourth-order valence-electron chi connectivity index (χ4n) is 3.17. The van der Waals surface area contributed by atoms with E-state index >= 15 is 0 Å². The van der Waals surface area contributed by atoms with Crippen LogP contribution in [0.4, 0.5) is 5.69 Å². The third-order valence-electron chi connectivity index (χ3n) is 4.52. The molecule has 0 spiro atoms. The van der Waals surface area contributed by atoms with Crippen LogP contribution >= 0.6 is 0 Å². The Morgan fingerprint density at radius 3 is 2.70 bits per heavy atom. The molecule has 0 bridgehead atoms. The molecule has 0 unspecified atom stereocenters. The second-order valence-electron chi connectivity index (χ2n) is 6.54. The van der Waals surface area contributed by atoms with E-state index in [1.165, 1.54) is 0 Å². The van der Waals surface area contributed by atoms with Gasteiger partial charge in [0, 0.05) is 45.7 Å². The third-order valence-corrected chi connectivity index (χ3v) is 4.52. The Morgan fingerprint density at radius 2 is 2.04 bits per heavy atom. The maximum Gasteiger partial charge on any atom is 0.226 e. The van der Waals surface area contributed by atoms with Gasteiger partial charge in [0.15, 0.2) is 11.8 Å². The quantitative estimate of drug-likeness (QED) is 0.454. The Balaban J connectivity index is 1.52. The topological polar surface area (TPSA) is 90.0 Å². The normalized spacial score (nSPS) is 15.3. The van der Waals surface area contributed by atoms with E-state index in [2.05, 4.69) is 32.2 Å². The van der Waals surface area contributed by atoms with E-state index < -0.39 is 0 Å². The van der Waals surface area contributed by atoms with Crippen LogP contribution in [0.25, 0.3) is 0 Å². The first-order chi connectivity index (χ1) is 13.2. The fourth-order valence-corrected chi connectivity index (χ4v) is 3.17. The van der Waals surface area contributed by atoms with Crippen molar-refractivity contribution in [2.75, 3.05) is 44.2 Å². The number of hydrogen-bond donors (Lipinski definition) is 2. The van der Waals surface area contributed by atoms with Crippen LogP contribution in [0.1, 0.15) is 25.1 Å². The first kappa shape index (κ1) is 19.0. The van der Waals surface area contributed by atoms with Crippen LogP contribution in [-0.4, -0.2) is 65.4 Å². The Morgan fingerprint density at radius 1 is 1.26 bits per heavy atom. The molecule has 2 heterocycles. The standard InChI is InChI=1S/C19H28N6O2/c1-3-20-19(21-10-6-9-18-22-15(2)23-27-18)25-13-11-24(12-14-25)16-7-4-5-8-17(16)26/h4-5,7-8,26H,3,6,9-14H2,1-2H3,(H,20,21). The second-order valence-corrected chi connectivity index (χ2v) is 6.54. The molecule has 8 nitrogen and oxygen atoms in total. The van der Waals surface area contributed by atoms with Crippen molar-refractivity contribution in [2.45, 2.75) is 26.7 Å². The lowest BCUT2D eigenvalue weighted by Gasteiger charge is -2.37. The van der Waals surface area contributed by atoms with Gasteiger partial charge in [0.05, 0.1) is 5.69 Å². The molecule has 0 saturated carbocycles. The van der Waals surface area contributed by atoms with Gasteiger partial charge in [-0.1, -0.05) is 17.3 Å². The van der Waals surface area contributed by atoms with E-state index in [1.54, 1.807) is 6.07 Å². The van der Waals surface area contributed by atoms with Gasteiger partial charge in [-0.15, -0.1) is 0 Å². The number of aryl methyl sites for hydroxylation is 2. The van der Waals surface area contributed by atoms with Gasteiger partial charge in [0.25, 0.3) is 0 Å². The molecule has 8 heteroatoms. The summed E-state index contributed by atoms with van der Waals surface area (Å²) in [5.74, 6) is 2.62. The largest absolute Gasteiger partial charge is 0.506 e. The van der Waals surface area contributed by atoms with E-state index in [0.29, 0.717) is 24.0 Å². The molecule has 3 rings (SSSR count). The molecular formula is C19H28N6O2. The lowest BCUT2D eigenvalue weighted by molar-refractivity contribution is 0.367. The lowest BCUT2D eigenvalue weighted by atomic mass is 10.2. The van der Waals surface area contributed by atoms with Crippen molar-refractivity contribution >= 4 is 11.6 Å². The summed E-state index contributed by atoms with van der Waals surface area (Å²) in [6.45, 7) is 8.88. The first-order valence-corrected chi connectivity index (χ1v) is 9.52. The molecule has 1 aliphatic heterocycles. The van der Waals surface area contributed by atoms with Crippen molar-refractivity contribution in [2.24, 2.45) is 4.99 Å².